The number of aryl methyl sites for hydroxylation is 2. The third-order valence-electron chi connectivity index (χ3n) is 4.21. The van der Waals surface area contributed by atoms with E-state index < -0.39 is 11.8 Å². The van der Waals surface area contributed by atoms with Gasteiger partial charge in [0.05, 0.1) is 17.4 Å². The van der Waals surface area contributed by atoms with E-state index in [1.807, 2.05) is 13.8 Å². The number of anilines is 1. The second-order valence-electron chi connectivity index (χ2n) is 6.70. The average Bonchev–Trinajstić information content (AvgIpc) is 3.24. The van der Waals surface area contributed by atoms with Gasteiger partial charge in [0.1, 0.15) is 18.1 Å². The molecule has 11 nitrogen and oxygen atoms in total. The highest BCUT2D eigenvalue weighted by molar-refractivity contribution is 6.08. The molecule has 0 aliphatic rings. The fraction of sp³-hybridized carbons (Fsp3) is 0.333. The molecule has 3 N–H and O–H groups in total. The van der Waals surface area contributed by atoms with Crippen LogP contribution in [0.3, 0.4) is 0 Å². The number of amides is 2. The number of hydrogen-bond acceptors (Lipinski definition) is 7. The van der Waals surface area contributed by atoms with Crippen LogP contribution < -0.4 is 15.8 Å². The number of carbonyl (C=O) groups is 2. The normalized spacial score (nSPS) is 10.9. The van der Waals surface area contributed by atoms with Crippen LogP contribution in [0.25, 0.3) is 0 Å². The van der Waals surface area contributed by atoms with Crippen molar-refractivity contribution in [2.24, 2.45) is 12.8 Å². The Morgan fingerprint density at radius 1 is 1.31 bits per heavy atom. The Balaban J connectivity index is 1.75. The minimum atomic E-state index is -0.677. The van der Waals surface area contributed by atoms with Gasteiger partial charge in [0, 0.05) is 12.6 Å². The van der Waals surface area contributed by atoms with Crippen LogP contribution in [0.5, 0.6) is 5.75 Å². The first-order valence-corrected chi connectivity index (χ1v) is 8.92. The monoisotopic (exact) mass is 398 g/mol. The van der Waals surface area contributed by atoms with Crippen molar-refractivity contribution < 1.29 is 14.3 Å². The molecule has 0 bridgehead atoms. The van der Waals surface area contributed by atoms with E-state index in [-0.39, 0.29) is 24.0 Å². The highest BCUT2D eigenvalue weighted by atomic mass is 16.5. The molecule has 3 rings (SSSR count). The maximum Gasteiger partial charge on any atom is 0.269 e. The lowest BCUT2D eigenvalue weighted by molar-refractivity contribution is 0.0992. The van der Waals surface area contributed by atoms with Crippen molar-refractivity contribution in [2.75, 3.05) is 5.32 Å². The van der Waals surface area contributed by atoms with Gasteiger partial charge in [-0.1, -0.05) is 6.07 Å². The topological polar surface area (TPSA) is 143 Å². The van der Waals surface area contributed by atoms with Gasteiger partial charge in [0.15, 0.2) is 5.82 Å². The van der Waals surface area contributed by atoms with E-state index in [1.54, 1.807) is 42.9 Å². The molecule has 3 aromatic rings. The number of tetrazole rings is 1. The third kappa shape index (κ3) is 4.23. The van der Waals surface area contributed by atoms with Gasteiger partial charge in [0.25, 0.3) is 11.8 Å². The molecule has 0 aliphatic carbocycles. The second-order valence-corrected chi connectivity index (χ2v) is 6.70. The van der Waals surface area contributed by atoms with Crippen molar-refractivity contribution in [3.8, 4) is 5.75 Å². The molecular formula is C18H22N8O3. The van der Waals surface area contributed by atoms with E-state index in [4.69, 9.17) is 10.5 Å². The molecule has 0 aliphatic heterocycles. The number of hydrogen-bond donors (Lipinski definition) is 2. The first-order valence-electron chi connectivity index (χ1n) is 8.92. The zero-order valence-electron chi connectivity index (χ0n) is 16.6. The smallest absolute Gasteiger partial charge is 0.269 e. The molecule has 29 heavy (non-hydrogen) atoms. The summed E-state index contributed by atoms with van der Waals surface area (Å²) in [6, 6.07) is 6.75. The minimum absolute atomic E-state index is 0.0999. The number of aromatic nitrogens is 6. The van der Waals surface area contributed by atoms with Crippen molar-refractivity contribution >= 4 is 17.5 Å². The number of rotatable bonds is 7. The Bertz CT molecular complexity index is 1050. The van der Waals surface area contributed by atoms with Crippen LogP contribution in [0.1, 0.15) is 52.3 Å². The molecule has 0 unspecified atom stereocenters. The number of benzene rings is 1. The highest BCUT2D eigenvalue weighted by Gasteiger charge is 2.20. The first-order chi connectivity index (χ1) is 13.8. The van der Waals surface area contributed by atoms with Gasteiger partial charge in [-0.15, -0.1) is 5.10 Å². The van der Waals surface area contributed by atoms with Gasteiger partial charge in [0.2, 0.25) is 0 Å². The van der Waals surface area contributed by atoms with Crippen LogP contribution in [-0.4, -0.2) is 41.8 Å². The van der Waals surface area contributed by atoms with Gasteiger partial charge < -0.3 is 15.8 Å². The summed E-state index contributed by atoms with van der Waals surface area (Å²) in [5, 5.41) is 18.4. The van der Waals surface area contributed by atoms with Crippen LogP contribution in [0.15, 0.2) is 24.3 Å². The van der Waals surface area contributed by atoms with Gasteiger partial charge in [-0.25, -0.2) is 4.68 Å². The van der Waals surface area contributed by atoms with Crippen molar-refractivity contribution in [1.82, 2.24) is 30.0 Å². The second kappa shape index (κ2) is 8.09. The van der Waals surface area contributed by atoms with E-state index in [0.717, 1.165) is 0 Å². The summed E-state index contributed by atoms with van der Waals surface area (Å²) < 4.78 is 8.74. The predicted octanol–water partition coefficient (Wildman–Crippen LogP) is 1.23. The molecule has 0 radical (unpaired) electrons. The lowest BCUT2D eigenvalue weighted by Gasteiger charge is -2.10. The zero-order chi connectivity index (χ0) is 21.1. The highest BCUT2D eigenvalue weighted by Crippen LogP contribution is 2.21. The quantitative estimate of drug-likeness (QED) is 0.609. The van der Waals surface area contributed by atoms with Gasteiger partial charge >= 0.3 is 0 Å². The van der Waals surface area contributed by atoms with E-state index in [0.29, 0.717) is 22.8 Å². The number of primary amides is 1. The molecule has 0 saturated carbocycles. The Labute approximate surface area is 166 Å². The van der Waals surface area contributed by atoms with Crippen LogP contribution in [0.4, 0.5) is 5.69 Å². The molecule has 2 heterocycles. The average molecular weight is 398 g/mol. The standard InChI is InChI=1S/C18H22N8O3/c1-10(2)26-14(21-23-24-26)9-29-13-7-5-6-12(8-13)18(28)20-15-11(3)22-25(4)16(15)17(19)27/h5-8,10H,9H2,1-4H3,(H2,19,27)(H,20,28). The van der Waals surface area contributed by atoms with Crippen molar-refractivity contribution in [2.45, 2.75) is 33.4 Å². The van der Waals surface area contributed by atoms with E-state index >= 15 is 0 Å². The predicted molar refractivity (Wildman–Crippen MR) is 103 cm³/mol. The fourth-order valence-corrected chi connectivity index (χ4v) is 2.86. The molecular weight excluding hydrogens is 376 g/mol. The summed E-state index contributed by atoms with van der Waals surface area (Å²) in [6.45, 7) is 5.77. The molecule has 1 aromatic carbocycles. The summed E-state index contributed by atoms with van der Waals surface area (Å²) in [6.07, 6.45) is 0. The minimum Gasteiger partial charge on any atom is -0.486 e. The van der Waals surface area contributed by atoms with E-state index in [9.17, 15) is 9.59 Å². The number of ether oxygens (including phenoxy) is 1. The Kier molecular flexibility index (Phi) is 5.57. The third-order valence-corrected chi connectivity index (χ3v) is 4.21. The Morgan fingerprint density at radius 3 is 2.76 bits per heavy atom. The molecule has 2 amide bonds. The first kappa shape index (κ1) is 20.0. The largest absolute Gasteiger partial charge is 0.486 e. The van der Waals surface area contributed by atoms with Crippen LogP contribution in [0, 0.1) is 6.92 Å². The molecule has 2 aromatic heterocycles. The molecule has 0 atom stereocenters. The van der Waals surface area contributed by atoms with Crippen LogP contribution >= 0.6 is 0 Å². The SMILES string of the molecule is Cc1nn(C)c(C(N)=O)c1NC(=O)c1cccc(OCc2nnnn2C(C)C)c1. The summed E-state index contributed by atoms with van der Waals surface area (Å²) in [5.74, 6) is -0.0367. The number of nitrogens with two attached hydrogens (primary N) is 1. The van der Waals surface area contributed by atoms with Crippen molar-refractivity contribution in [1.29, 1.82) is 0 Å². The maximum absolute atomic E-state index is 12.7. The number of nitrogens with zero attached hydrogens (tertiary/aromatic N) is 6. The molecule has 152 valence electrons. The Hall–Kier alpha value is -3.76. The number of nitrogens with one attached hydrogen (secondary N) is 1. The molecule has 0 saturated heterocycles. The Morgan fingerprint density at radius 2 is 2.07 bits per heavy atom. The molecule has 11 heteroatoms. The van der Waals surface area contributed by atoms with Crippen LogP contribution in [-0.2, 0) is 13.7 Å². The summed E-state index contributed by atoms with van der Waals surface area (Å²) in [4.78, 5) is 24.4. The van der Waals surface area contributed by atoms with Gasteiger partial charge in [-0.2, -0.15) is 5.10 Å². The van der Waals surface area contributed by atoms with E-state index in [2.05, 4.69) is 25.9 Å². The van der Waals surface area contributed by atoms with Gasteiger partial charge in [-0.05, 0) is 49.4 Å². The summed E-state index contributed by atoms with van der Waals surface area (Å²) in [5.41, 5.74) is 6.65. The van der Waals surface area contributed by atoms with Crippen molar-refractivity contribution in [3.05, 3.63) is 47.0 Å². The zero-order valence-corrected chi connectivity index (χ0v) is 16.6. The molecule has 0 fully saturated rings. The number of carbonyl (C=O) groups excluding carboxylic acids is 2. The summed E-state index contributed by atoms with van der Waals surface area (Å²) >= 11 is 0. The fourth-order valence-electron chi connectivity index (χ4n) is 2.86. The lowest BCUT2D eigenvalue weighted by Crippen LogP contribution is -2.20. The summed E-state index contributed by atoms with van der Waals surface area (Å²) in [7, 11) is 1.59. The van der Waals surface area contributed by atoms with Crippen LogP contribution in [0.2, 0.25) is 0 Å². The van der Waals surface area contributed by atoms with Gasteiger partial charge in [-0.3, -0.25) is 14.3 Å². The van der Waals surface area contributed by atoms with E-state index in [1.165, 1.54) is 4.68 Å². The van der Waals surface area contributed by atoms with Crippen molar-refractivity contribution in [3.63, 3.8) is 0 Å². The molecule has 0 spiro atoms. The maximum atomic E-state index is 12.7. The lowest BCUT2D eigenvalue weighted by atomic mass is 10.2.